The van der Waals surface area contributed by atoms with Gasteiger partial charge in [-0.2, -0.15) is 5.10 Å². The highest BCUT2D eigenvalue weighted by Gasteiger charge is 2.26. The molecule has 0 radical (unpaired) electrons. The van der Waals surface area contributed by atoms with Crippen LogP contribution in [0, 0.1) is 0 Å². The summed E-state index contributed by atoms with van der Waals surface area (Å²) in [6, 6.07) is 8.64. The lowest BCUT2D eigenvalue weighted by molar-refractivity contribution is 0.151. The highest BCUT2D eigenvalue weighted by atomic mass is 16.5. The minimum atomic E-state index is 0.329. The molecule has 1 aliphatic heterocycles. The second-order valence-electron chi connectivity index (χ2n) is 5.64. The zero-order chi connectivity index (χ0) is 15.4. The Hall–Kier alpha value is -1.85. The monoisotopic (exact) mass is 300 g/mol. The molecule has 1 aromatic carbocycles. The van der Waals surface area contributed by atoms with Crippen molar-refractivity contribution in [3.05, 3.63) is 47.8 Å². The zero-order valence-corrected chi connectivity index (χ0v) is 13.3. The molecule has 1 saturated heterocycles. The van der Waals surface area contributed by atoms with E-state index in [1.165, 1.54) is 11.1 Å². The predicted octanol–water partition coefficient (Wildman–Crippen LogP) is 2.06. The average Bonchev–Trinajstić information content (AvgIpc) is 3.03. The molecule has 1 aromatic heterocycles. The maximum Gasteiger partial charge on any atom is 0.123 e. The van der Waals surface area contributed by atoms with Gasteiger partial charge in [0, 0.05) is 50.0 Å². The molecule has 2 aromatic rings. The SMILES string of the molecule is CCn1cc(CN2CCNCC2c2ccccc2OC)cn1. The standard InChI is InChI=1S/C17H24N4O/c1-3-21-13-14(10-19-21)12-20-9-8-18-11-16(20)15-6-4-5-7-17(15)22-2/h4-7,10,13,16,18H,3,8-9,11-12H2,1-2H3. The Morgan fingerprint density at radius 3 is 3.00 bits per heavy atom. The Labute approximate surface area is 131 Å². The van der Waals surface area contributed by atoms with E-state index < -0.39 is 0 Å². The summed E-state index contributed by atoms with van der Waals surface area (Å²) in [5.41, 5.74) is 2.52. The minimum absolute atomic E-state index is 0.329. The van der Waals surface area contributed by atoms with Crippen LogP contribution in [0.3, 0.4) is 0 Å². The van der Waals surface area contributed by atoms with E-state index in [2.05, 4.69) is 40.6 Å². The van der Waals surface area contributed by atoms with Crippen molar-refractivity contribution in [3.63, 3.8) is 0 Å². The third-order valence-electron chi connectivity index (χ3n) is 4.25. The Kier molecular flexibility index (Phi) is 4.75. The molecule has 0 aliphatic carbocycles. The lowest BCUT2D eigenvalue weighted by Gasteiger charge is -2.36. The molecule has 0 saturated carbocycles. The number of nitrogens with one attached hydrogen (secondary N) is 1. The normalized spacial score (nSPS) is 19.3. The summed E-state index contributed by atoms with van der Waals surface area (Å²) in [5, 5.41) is 7.88. The van der Waals surface area contributed by atoms with E-state index in [4.69, 9.17) is 4.74 Å². The van der Waals surface area contributed by atoms with Gasteiger partial charge in [0.05, 0.1) is 19.3 Å². The zero-order valence-electron chi connectivity index (χ0n) is 13.3. The first-order valence-corrected chi connectivity index (χ1v) is 7.91. The van der Waals surface area contributed by atoms with Gasteiger partial charge in [-0.3, -0.25) is 9.58 Å². The molecule has 118 valence electrons. The quantitative estimate of drug-likeness (QED) is 0.918. The molecular formula is C17H24N4O. The largest absolute Gasteiger partial charge is 0.496 e. The molecular weight excluding hydrogens is 276 g/mol. The summed E-state index contributed by atoms with van der Waals surface area (Å²) in [5.74, 6) is 0.963. The molecule has 1 fully saturated rings. The maximum atomic E-state index is 5.55. The van der Waals surface area contributed by atoms with E-state index in [1.54, 1.807) is 7.11 Å². The van der Waals surface area contributed by atoms with Crippen molar-refractivity contribution in [1.82, 2.24) is 20.0 Å². The topological polar surface area (TPSA) is 42.3 Å². The van der Waals surface area contributed by atoms with Crippen LogP contribution in [0.4, 0.5) is 0 Å². The summed E-state index contributed by atoms with van der Waals surface area (Å²) in [6.07, 6.45) is 4.12. The second kappa shape index (κ2) is 6.94. The van der Waals surface area contributed by atoms with Crippen LogP contribution in [0.1, 0.15) is 24.1 Å². The van der Waals surface area contributed by atoms with Crippen LogP contribution in [0.2, 0.25) is 0 Å². The minimum Gasteiger partial charge on any atom is -0.496 e. The van der Waals surface area contributed by atoms with Gasteiger partial charge in [0.15, 0.2) is 0 Å². The van der Waals surface area contributed by atoms with Gasteiger partial charge in [-0.25, -0.2) is 0 Å². The predicted molar refractivity (Wildman–Crippen MR) is 86.9 cm³/mol. The number of piperazine rings is 1. The Morgan fingerprint density at radius 2 is 2.23 bits per heavy atom. The van der Waals surface area contributed by atoms with Gasteiger partial charge in [0.1, 0.15) is 5.75 Å². The number of ether oxygens (including phenoxy) is 1. The van der Waals surface area contributed by atoms with Gasteiger partial charge in [0.25, 0.3) is 0 Å². The van der Waals surface area contributed by atoms with Crippen LogP contribution in [-0.4, -0.2) is 41.4 Å². The third-order valence-corrected chi connectivity index (χ3v) is 4.25. The number of rotatable bonds is 5. The Balaban J connectivity index is 1.81. The van der Waals surface area contributed by atoms with E-state index in [-0.39, 0.29) is 0 Å². The molecule has 0 bridgehead atoms. The summed E-state index contributed by atoms with van der Waals surface area (Å²) in [4.78, 5) is 2.51. The molecule has 5 nitrogen and oxygen atoms in total. The molecule has 1 atom stereocenters. The number of aryl methyl sites for hydroxylation is 1. The number of para-hydroxylation sites is 1. The van der Waals surface area contributed by atoms with E-state index in [0.29, 0.717) is 6.04 Å². The first kappa shape index (κ1) is 15.1. The second-order valence-corrected chi connectivity index (χ2v) is 5.64. The Bertz CT molecular complexity index is 610. The lowest BCUT2D eigenvalue weighted by Crippen LogP contribution is -2.45. The van der Waals surface area contributed by atoms with Gasteiger partial charge in [0.2, 0.25) is 0 Å². The summed E-state index contributed by atoms with van der Waals surface area (Å²) >= 11 is 0. The van der Waals surface area contributed by atoms with Gasteiger partial charge in [-0.15, -0.1) is 0 Å². The van der Waals surface area contributed by atoms with Crippen molar-refractivity contribution in [2.45, 2.75) is 26.1 Å². The van der Waals surface area contributed by atoms with E-state index >= 15 is 0 Å². The van der Waals surface area contributed by atoms with Crippen molar-refractivity contribution in [2.24, 2.45) is 0 Å². The molecule has 0 amide bonds. The number of nitrogens with zero attached hydrogens (tertiary/aromatic N) is 3. The van der Waals surface area contributed by atoms with Gasteiger partial charge in [-0.1, -0.05) is 18.2 Å². The van der Waals surface area contributed by atoms with Gasteiger partial charge < -0.3 is 10.1 Å². The van der Waals surface area contributed by atoms with Crippen LogP contribution in [0.5, 0.6) is 5.75 Å². The highest BCUT2D eigenvalue weighted by molar-refractivity contribution is 5.36. The number of benzene rings is 1. The van der Waals surface area contributed by atoms with E-state index in [1.807, 2.05) is 23.0 Å². The molecule has 5 heteroatoms. The van der Waals surface area contributed by atoms with Crippen molar-refractivity contribution in [3.8, 4) is 5.75 Å². The number of hydrogen-bond acceptors (Lipinski definition) is 4. The average molecular weight is 300 g/mol. The van der Waals surface area contributed by atoms with Crippen molar-refractivity contribution >= 4 is 0 Å². The fourth-order valence-corrected chi connectivity index (χ4v) is 3.08. The molecule has 1 unspecified atom stereocenters. The lowest BCUT2D eigenvalue weighted by atomic mass is 10.0. The van der Waals surface area contributed by atoms with Crippen LogP contribution < -0.4 is 10.1 Å². The first-order valence-electron chi connectivity index (χ1n) is 7.91. The van der Waals surface area contributed by atoms with Crippen molar-refractivity contribution in [2.75, 3.05) is 26.7 Å². The molecule has 22 heavy (non-hydrogen) atoms. The third kappa shape index (κ3) is 3.15. The number of aromatic nitrogens is 2. The summed E-state index contributed by atoms with van der Waals surface area (Å²) in [6.45, 7) is 6.94. The summed E-state index contributed by atoms with van der Waals surface area (Å²) < 4.78 is 7.53. The van der Waals surface area contributed by atoms with Crippen molar-refractivity contribution < 1.29 is 4.74 Å². The molecule has 2 heterocycles. The van der Waals surface area contributed by atoms with Gasteiger partial charge in [-0.05, 0) is 13.0 Å². The molecule has 3 rings (SSSR count). The Morgan fingerprint density at radius 1 is 1.36 bits per heavy atom. The fourth-order valence-electron chi connectivity index (χ4n) is 3.08. The first-order chi connectivity index (χ1) is 10.8. The smallest absolute Gasteiger partial charge is 0.123 e. The summed E-state index contributed by atoms with van der Waals surface area (Å²) in [7, 11) is 1.74. The van der Waals surface area contributed by atoms with Gasteiger partial charge >= 0.3 is 0 Å². The van der Waals surface area contributed by atoms with Crippen LogP contribution in [0.15, 0.2) is 36.7 Å². The fraction of sp³-hybridized carbons (Fsp3) is 0.471. The van der Waals surface area contributed by atoms with E-state index in [9.17, 15) is 0 Å². The molecule has 1 aliphatic rings. The van der Waals surface area contributed by atoms with Crippen molar-refractivity contribution in [1.29, 1.82) is 0 Å². The highest BCUT2D eigenvalue weighted by Crippen LogP contribution is 2.30. The molecule has 0 spiro atoms. The van der Waals surface area contributed by atoms with Crippen LogP contribution in [-0.2, 0) is 13.1 Å². The van der Waals surface area contributed by atoms with E-state index in [0.717, 1.165) is 38.5 Å². The number of hydrogen-bond donors (Lipinski definition) is 1. The number of methoxy groups -OCH3 is 1. The maximum absolute atomic E-state index is 5.55. The molecule has 1 N–H and O–H groups in total. The van der Waals surface area contributed by atoms with Crippen LogP contribution in [0.25, 0.3) is 0 Å². The van der Waals surface area contributed by atoms with Crippen LogP contribution >= 0.6 is 0 Å².